The molecule has 0 aromatic heterocycles. The number of rotatable bonds is 11. The first-order valence-corrected chi connectivity index (χ1v) is 14.6. The number of aryl methyl sites for hydroxylation is 2. The number of anilines is 1. The van der Waals surface area contributed by atoms with Crippen LogP contribution in [0.5, 0.6) is 0 Å². The second kappa shape index (κ2) is 12.9. The molecule has 38 heavy (non-hydrogen) atoms. The summed E-state index contributed by atoms with van der Waals surface area (Å²) in [4.78, 5) is 28.8. The number of carbonyl (C=O) groups excluding carboxylic acids is 2. The summed E-state index contributed by atoms with van der Waals surface area (Å²) in [6.45, 7) is 5.60. The molecule has 0 fully saturated rings. The van der Waals surface area contributed by atoms with E-state index in [0.717, 1.165) is 32.8 Å². The minimum Gasteiger partial charge on any atom is -0.355 e. The number of likely N-dealkylation sites (N-methyl/N-ethyl adjacent to an activating group) is 1. The smallest absolute Gasteiger partial charge is 0.244 e. The third-order valence-electron chi connectivity index (χ3n) is 6.19. The second-order valence-electron chi connectivity index (χ2n) is 9.31. The van der Waals surface area contributed by atoms with Crippen LogP contribution >= 0.6 is 11.6 Å². The molecule has 0 spiro atoms. The molecule has 0 aliphatic rings. The molecule has 9 heteroatoms. The van der Waals surface area contributed by atoms with E-state index in [1.807, 2.05) is 63.2 Å². The Morgan fingerprint density at radius 1 is 0.947 bits per heavy atom. The van der Waals surface area contributed by atoms with E-state index < -0.39 is 28.5 Å². The first-order chi connectivity index (χ1) is 18.0. The Hall–Kier alpha value is -3.36. The minimum absolute atomic E-state index is 0.106. The quantitative estimate of drug-likeness (QED) is 0.377. The maximum absolute atomic E-state index is 14.0. The van der Waals surface area contributed by atoms with E-state index in [1.54, 1.807) is 30.3 Å². The van der Waals surface area contributed by atoms with Crippen molar-refractivity contribution in [1.29, 1.82) is 0 Å². The highest BCUT2D eigenvalue weighted by molar-refractivity contribution is 7.92. The number of carbonyl (C=O) groups is 2. The van der Waals surface area contributed by atoms with Gasteiger partial charge in [-0.2, -0.15) is 0 Å². The zero-order valence-corrected chi connectivity index (χ0v) is 23.7. The number of sulfonamides is 1. The molecule has 0 radical (unpaired) electrons. The molecule has 3 rings (SSSR count). The molecule has 0 aliphatic heterocycles. The van der Waals surface area contributed by atoms with Crippen molar-refractivity contribution >= 4 is 39.1 Å². The standard InChI is InChI=1S/C29H34ClN3O4S/c1-5-31-29(35)27(18-23-9-7-6-8-10-23)32(19-24-12-14-25(30)15-13-24)28(34)20-33(38(4,36)37)26-16-11-21(2)17-22(26)3/h6-17,27H,5,18-20H2,1-4H3,(H,31,35). The van der Waals surface area contributed by atoms with Gasteiger partial charge in [-0.25, -0.2) is 8.42 Å². The molecular formula is C29H34ClN3O4S. The highest BCUT2D eigenvalue weighted by Crippen LogP contribution is 2.25. The molecule has 0 saturated heterocycles. The van der Waals surface area contributed by atoms with Gasteiger partial charge in [0.15, 0.2) is 0 Å². The van der Waals surface area contributed by atoms with Gasteiger partial charge in [0.2, 0.25) is 21.8 Å². The first-order valence-electron chi connectivity index (χ1n) is 12.4. The van der Waals surface area contributed by atoms with Crippen LogP contribution in [0.25, 0.3) is 0 Å². The molecule has 0 bridgehead atoms. The molecule has 202 valence electrons. The molecule has 3 aromatic rings. The maximum Gasteiger partial charge on any atom is 0.244 e. The van der Waals surface area contributed by atoms with E-state index in [0.29, 0.717) is 17.3 Å². The molecule has 2 amide bonds. The number of nitrogens with one attached hydrogen (secondary N) is 1. The predicted octanol–water partition coefficient (Wildman–Crippen LogP) is 4.50. The summed E-state index contributed by atoms with van der Waals surface area (Å²) in [5.41, 5.74) is 3.79. The van der Waals surface area contributed by atoms with Gasteiger partial charge in [-0.15, -0.1) is 0 Å². The van der Waals surface area contributed by atoms with E-state index in [1.165, 1.54) is 4.90 Å². The van der Waals surface area contributed by atoms with Crippen molar-refractivity contribution in [2.75, 3.05) is 23.7 Å². The summed E-state index contributed by atoms with van der Waals surface area (Å²) >= 11 is 6.07. The fourth-order valence-electron chi connectivity index (χ4n) is 4.31. The van der Waals surface area contributed by atoms with Crippen molar-refractivity contribution in [2.24, 2.45) is 0 Å². The molecule has 1 N–H and O–H groups in total. The van der Waals surface area contributed by atoms with Gasteiger partial charge in [0.25, 0.3) is 0 Å². The maximum atomic E-state index is 14.0. The Balaban J connectivity index is 2.05. The van der Waals surface area contributed by atoms with E-state index in [9.17, 15) is 18.0 Å². The molecule has 0 heterocycles. The van der Waals surface area contributed by atoms with Gasteiger partial charge in [-0.05, 0) is 55.7 Å². The summed E-state index contributed by atoms with van der Waals surface area (Å²) in [5.74, 6) is -0.798. The lowest BCUT2D eigenvalue weighted by molar-refractivity contribution is -0.140. The van der Waals surface area contributed by atoms with Gasteiger partial charge < -0.3 is 10.2 Å². The molecule has 1 unspecified atom stereocenters. The Labute approximate surface area is 230 Å². The monoisotopic (exact) mass is 555 g/mol. The summed E-state index contributed by atoms with van der Waals surface area (Å²) in [6, 6.07) is 21.0. The molecule has 0 aliphatic carbocycles. The highest BCUT2D eigenvalue weighted by atomic mass is 35.5. The van der Waals surface area contributed by atoms with Gasteiger partial charge in [0.1, 0.15) is 12.6 Å². The lowest BCUT2D eigenvalue weighted by Crippen LogP contribution is -2.53. The number of hydrogen-bond donors (Lipinski definition) is 1. The molecule has 1 atom stereocenters. The zero-order valence-electron chi connectivity index (χ0n) is 22.1. The van der Waals surface area contributed by atoms with Crippen LogP contribution in [0.1, 0.15) is 29.2 Å². The fraction of sp³-hybridized carbons (Fsp3) is 0.310. The third-order valence-corrected chi connectivity index (χ3v) is 7.57. The van der Waals surface area contributed by atoms with Gasteiger partial charge in [0.05, 0.1) is 11.9 Å². The van der Waals surface area contributed by atoms with Crippen molar-refractivity contribution in [3.8, 4) is 0 Å². The third kappa shape index (κ3) is 7.82. The summed E-state index contributed by atoms with van der Waals surface area (Å²) in [6.07, 6.45) is 1.35. The summed E-state index contributed by atoms with van der Waals surface area (Å²) < 4.78 is 26.9. The van der Waals surface area contributed by atoms with E-state index >= 15 is 0 Å². The molecule has 3 aromatic carbocycles. The Kier molecular flexibility index (Phi) is 9.94. The van der Waals surface area contributed by atoms with Crippen LogP contribution in [0.4, 0.5) is 5.69 Å². The molecular weight excluding hydrogens is 522 g/mol. The Morgan fingerprint density at radius 3 is 2.18 bits per heavy atom. The van der Waals surface area contributed by atoms with Gasteiger partial charge in [-0.1, -0.05) is 71.8 Å². The Bertz CT molecular complexity index is 1360. The van der Waals surface area contributed by atoms with Crippen molar-refractivity contribution in [3.05, 3.63) is 100 Å². The number of hydrogen-bond acceptors (Lipinski definition) is 4. The largest absolute Gasteiger partial charge is 0.355 e. The molecule has 0 saturated carbocycles. The second-order valence-corrected chi connectivity index (χ2v) is 11.7. The Morgan fingerprint density at radius 2 is 1.61 bits per heavy atom. The number of benzene rings is 3. The number of nitrogens with zero attached hydrogens (tertiary/aromatic N) is 2. The van der Waals surface area contributed by atoms with Crippen LogP contribution in [0.3, 0.4) is 0 Å². The van der Waals surface area contributed by atoms with Crippen LogP contribution in [0, 0.1) is 13.8 Å². The van der Waals surface area contributed by atoms with Crippen molar-refractivity contribution in [3.63, 3.8) is 0 Å². The van der Waals surface area contributed by atoms with Crippen LogP contribution < -0.4 is 9.62 Å². The van der Waals surface area contributed by atoms with Gasteiger partial charge in [0, 0.05) is 24.5 Å². The average Bonchev–Trinajstić information content (AvgIpc) is 2.86. The topological polar surface area (TPSA) is 86.8 Å². The molecule has 7 nitrogen and oxygen atoms in total. The van der Waals surface area contributed by atoms with Crippen LogP contribution in [0.2, 0.25) is 5.02 Å². The van der Waals surface area contributed by atoms with Crippen LogP contribution in [-0.2, 0) is 32.6 Å². The van der Waals surface area contributed by atoms with Crippen molar-refractivity contribution in [1.82, 2.24) is 10.2 Å². The van der Waals surface area contributed by atoms with Crippen molar-refractivity contribution < 1.29 is 18.0 Å². The highest BCUT2D eigenvalue weighted by Gasteiger charge is 2.33. The van der Waals surface area contributed by atoms with E-state index in [-0.39, 0.29) is 18.9 Å². The lowest BCUT2D eigenvalue weighted by Gasteiger charge is -2.33. The fourth-order valence-corrected chi connectivity index (χ4v) is 5.35. The van der Waals surface area contributed by atoms with Crippen LogP contribution in [-0.4, -0.2) is 50.5 Å². The average molecular weight is 556 g/mol. The predicted molar refractivity (Wildman–Crippen MR) is 153 cm³/mol. The summed E-state index contributed by atoms with van der Waals surface area (Å²) in [7, 11) is -3.81. The van der Waals surface area contributed by atoms with Crippen LogP contribution in [0.15, 0.2) is 72.8 Å². The number of halogens is 1. The normalized spacial score (nSPS) is 12.0. The SMILES string of the molecule is CCNC(=O)C(Cc1ccccc1)N(Cc1ccc(Cl)cc1)C(=O)CN(c1ccc(C)cc1C)S(C)(=O)=O. The minimum atomic E-state index is -3.81. The zero-order chi connectivity index (χ0) is 27.9. The van der Waals surface area contributed by atoms with Gasteiger partial charge >= 0.3 is 0 Å². The lowest BCUT2D eigenvalue weighted by atomic mass is 10.0. The van der Waals surface area contributed by atoms with E-state index in [4.69, 9.17) is 11.6 Å². The number of amides is 2. The first kappa shape index (κ1) is 29.2. The van der Waals surface area contributed by atoms with Gasteiger partial charge in [-0.3, -0.25) is 13.9 Å². The van der Waals surface area contributed by atoms with E-state index in [2.05, 4.69) is 5.32 Å². The van der Waals surface area contributed by atoms with Crippen molar-refractivity contribution in [2.45, 2.75) is 39.8 Å². The summed E-state index contributed by atoms with van der Waals surface area (Å²) in [5, 5.41) is 3.39.